The Morgan fingerprint density at radius 3 is 2.73 bits per heavy atom. The summed E-state index contributed by atoms with van der Waals surface area (Å²) in [5.74, 6) is 0.733. The van der Waals surface area contributed by atoms with Crippen LogP contribution in [0.4, 0.5) is 5.82 Å². The van der Waals surface area contributed by atoms with Crippen LogP contribution in [0.25, 0.3) is 0 Å². The van der Waals surface area contributed by atoms with Gasteiger partial charge in [0.1, 0.15) is 12.1 Å². The van der Waals surface area contributed by atoms with E-state index in [-0.39, 0.29) is 6.04 Å². The first-order valence-corrected chi connectivity index (χ1v) is 3.76. The molecule has 0 aliphatic rings. The van der Waals surface area contributed by atoms with Crippen LogP contribution in [0.1, 0.15) is 13.8 Å². The Labute approximate surface area is 71.1 Å². The molecule has 0 radical (unpaired) electrons. The molecule has 1 aromatic heterocycles. The molecule has 1 aromatic rings. The first-order valence-electron chi connectivity index (χ1n) is 3.43. The van der Waals surface area contributed by atoms with Crippen molar-refractivity contribution in [3.63, 3.8) is 0 Å². The second kappa shape index (κ2) is 3.53. The lowest BCUT2D eigenvalue weighted by atomic mass is 10.4. The zero-order valence-electron chi connectivity index (χ0n) is 6.53. The van der Waals surface area contributed by atoms with Crippen molar-refractivity contribution in [2.24, 2.45) is 0 Å². The van der Waals surface area contributed by atoms with Crippen LogP contribution in [0.5, 0.6) is 0 Å². The highest BCUT2D eigenvalue weighted by molar-refractivity contribution is 6.25. The van der Waals surface area contributed by atoms with Gasteiger partial charge in [0.05, 0.1) is 0 Å². The average Bonchev–Trinajstić information content (AvgIpc) is 2.05. The topological polar surface area (TPSA) is 29.0 Å². The first-order chi connectivity index (χ1) is 5.22. The Balaban J connectivity index is 2.77. The molecule has 60 valence electrons. The molecule has 1 heterocycles. The van der Waals surface area contributed by atoms with Crippen molar-refractivity contribution in [3.05, 3.63) is 18.6 Å². The predicted octanol–water partition coefficient (Wildman–Crippen LogP) is 1.85. The lowest BCUT2D eigenvalue weighted by Gasteiger charge is -2.17. The van der Waals surface area contributed by atoms with Gasteiger partial charge < -0.3 is 0 Å². The molecule has 1 rings (SSSR count). The van der Waals surface area contributed by atoms with Gasteiger partial charge in [-0.3, -0.25) is 4.42 Å². The standard InChI is InChI=1S/C7H10ClN3/c1-6(2)11(8)7-3-4-9-5-10-7/h3-6H,1-2H3. The summed E-state index contributed by atoms with van der Waals surface area (Å²) in [7, 11) is 0. The average molecular weight is 172 g/mol. The van der Waals surface area contributed by atoms with Crippen LogP contribution in [0, 0.1) is 0 Å². The summed E-state index contributed by atoms with van der Waals surface area (Å²) in [6, 6.07) is 2.01. The molecule has 0 amide bonds. The van der Waals surface area contributed by atoms with Crippen molar-refractivity contribution in [2.45, 2.75) is 19.9 Å². The number of anilines is 1. The highest BCUT2D eigenvalue weighted by Gasteiger charge is 2.06. The number of hydrogen-bond acceptors (Lipinski definition) is 3. The molecule has 4 heteroatoms. The highest BCUT2D eigenvalue weighted by atomic mass is 35.5. The van der Waals surface area contributed by atoms with Crippen LogP contribution >= 0.6 is 11.8 Å². The van der Waals surface area contributed by atoms with Crippen molar-refractivity contribution in [2.75, 3.05) is 4.42 Å². The Hall–Kier alpha value is -0.830. The van der Waals surface area contributed by atoms with Gasteiger partial charge in [0.15, 0.2) is 0 Å². The van der Waals surface area contributed by atoms with E-state index < -0.39 is 0 Å². The second-order valence-electron chi connectivity index (χ2n) is 2.47. The molecule has 0 aliphatic carbocycles. The third-order valence-corrected chi connectivity index (χ3v) is 1.80. The fraction of sp³-hybridized carbons (Fsp3) is 0.429. The second-order valence-corrected chi connectivity index (χ2v) is 2.84. The summed E-state index contributed by atoms with van der Waals surface area (Å²) < 4.78 is 1.57. The van der Waals surface area contributed by atoms with Gasteiger partial charge in [0.25, 0.3) is 0 Å². The molecular formula is C7H10ClN3. The van der Waals surface area contributed by atoms with Gasteiger partial charge in [0.2, 0.25) is 0 Å². The molecule has 0 saturated heterocycles. The Morgan fingerprint density at radius 1 is 1.55 bits per heavy atom. The molecular weight excluding hydrogens is 162 g/mol. The van der Waals surface area contributed by atoms with Crippen LogP contribution in [-0.2, 0) is 0 Å². The molecule has 0 saturated carbocycles. The Kier molecular flexibility index (Phi) is 2.65. The fourth-order valence-electron chi connectivity index (χ4n) is 0.675. The monoisotopic (exact) mass is 171 g/mol. The van der Waals surface area contributed by atoms with Gasteiger partial charge in [-0.25, -0.2) is 9.97 Å². The summed E-state index contributed by atoms with van der Waals surface area (Å²) in [5.41, 5.74) is 0. The van der Waals surface area contributed by atoms with Crippen molar-refractivity contribution >= 4 is 17.6 Å². The van der Waals surface area contributed by atoms with E-state index in [9.17, 15) is 0 Å². The zero-order chi connectivity index (χ0) is 8.27. The number of aromatic nitrogens is 2. The summed E-state index contributed by atoms with van der Waals surface area (Å²) in [4.78, 5) is 7.77. The summed E-state index contributed by atoms with van der Waals surface area (Å²) in [6.45, 7) is 3.99. The van der Waals surface area contributed by atoms with Gasteiger partial charge in [0, 0.05) is 30.1 Å². The van der Waals surface area contributed by atoms with E-state index in [1.54, 1.807) is 16.7 Å². The van der Waals surface area contributed by atoms with E-state index in [1.807, 2.05) is 13.8 Å². The SMILES string of the molecule is CC(C)N(Cl)c1ccncn1. The quantitative estimate of drug-likeness (QED) is 0.636. The Bertz CT molecular complexity index is 212. The normalized spacial score (nSPS) is 10.2. The largest absolute Gasteiger partial charge is 0.266 e. The van der Waals surface area contributed by atoms with Crippen LogP contribution < -0.4 is 4.42 Å². The minimum atomic E-state index is 0.242. The van der Waals surface area contributed by atoms with Crippen molar-refractivity contribution < 1.29 is 0 Å². The van der Waals surface area contributed by atoms with Crippen LogP contribution in [0.2, 0.25) is 0 Å². The molecule has 0 fully saturated rings. The highest BCUT2D eigenvalue weighted by Crippen LogP contribution is 2.13. The molecule has 0 atom stereocenters. The maximum absolute atomic E-state index is 5.88. The fourth-order valence-corrected chi connectivity index (χ4v) is 0.775. The maximum atomic E-state index is 5.88. The third-order valence-electron chi connectivity index (χ3n) is 1.24. The number of halogens is 1. The lowest BCUT2D eigenvalue weighted by Crippen LogP contribution is -2.20. The smallest absolute Gasteiger partial charge is 0.146 e. The minimum Gasteiger partial charge on any atom is -0.266 e. The summed E-state index contributed by atoms with van der Waals surface area (Å²) in [6.07, 6.45) is 3.15. The van der Waals surface area contributed by atoms with Gasteiger partial charge in [-0.1, -0.05) is 0 Å². The number of nitrogens with zero attached hydrogens (tertiary/aromatic N) is 3. The molecule has 0 bridgehead atoms. The van der Waals surface area contributed by atoms with E-state index in [1.165, 1.54) is 6.33 Å². The molecule has 3 nitrogen and oxygen atoms in total. The van der Waals surface area contributed by atoms with E-state index in [4.69, 9.17) is 11.8 Å². The van der Waals surface area contributed by atoms with Crippen LogP contribution in [0.15, 0.2) is 18.6 Å². The minimum absolute atomic E-state index is 0.242. The van der Waals surface area contributed by atoms with Crippen LogP contribution in [0.3, 0.4) is 0 Å². The summed E-state index contributed by atoms with van der Waals surface area (Å²) >= 11 is 5.88. The molecule has 11 heavy (non-hydrogen) atoms. The predicted molar refractivity (Wildman–Crippen MR) is 45.5 cm³/mol. The molecule has 0 aromatic carbocycles. The van der Waals surface area contributed by atoms with Crippen LogP contribution in [-0.4, -0.2) is 16.0 Å². The van der Waals surface area contributed by atoms with E-state index >= 15 is 0 Å². The molecule has 0 spiro atoms. The van der Waals surface area contributed by atoms with Crippen molar-refractivity contribution in [1.82, 2.24) is 9.97 Å². The van der Waals surface area contributed by atoms with Gasteiger partial charge in [-0.15, -0.1) is 0 Å². The van der Waals surface area contributed by atoms with E-state index in [0.717, 1.165) is 5.82 Å². The van der Waals surface area contributed by atoms with Gasteiger partial charge in [-0.2, -0.15) is 0 Å². The molecule has 0 N–H and O–H groups in total. The number of hydrogen-bond donors (Lipinski definition) is 0. The van der Waals surface area contributed by atoms with E-state index in [0.29, 0.717) is 0 Å². The van der Waals surface area contributed by atoms with Crippen molar-refractivity contribution in [3.8, 4) is 0 Å². The number of rotatable bonds is 2. The molecule has 0 aliphatic heterocycles. The first kappa shape index (κ1) is 8.27. The third kappa shape index (κ3) is 2.05. The zero-order valence-corrected chi connectivity index (χ0v) is 7.28. The lowest BCUT2D eigenvalue weighted by molar-refractivity contribution is 0.815. The summed E-state index contributed by atoms with van der Waals surface area (Å²) in [5, 5.41) is 0. The Morgan fingerprint density at radius 2 is 2.27 bits per heavy atom. The van der Waals surface area contributed by atoms with Gasteiger partial charge >= 0.3 is 0 Å². The van der Waals surface area contributed by atoms with Gasteiger partial charge in [-0.05, 0) is 13.8 Å². The van der Waals surface area contributed by atoms with Crippen molar-refractivity contribution in [1.29, 1.82) is 0 Å². The molecule has 0 unspecified atom stereocenters. The maximum Gasteiger partial charge on any atom is 0.146 e. The van der Waals surface area contributed by atoms with E-state index in [2.05, 4.69) is 9.97 Å².